The summed E-state index contributed by atoms with van der Waals surface area (Å²) in [6.45, 7) is 2.01. The van der Waals surface area contributed by atoms with Crippen LogP contribution >= 0.6 is 11.3 Å². The molecule has 1 amide bonds. The molecule has 0 bridgehead atoms. The molecule has 0 aliphatic heterocycles. The van der Waals surface area contributed by atoms with E-state index in [2.05, 4.69) is 5.32 Å². The van der Waals surface area contributed by atoms with Gasteiger partial charge in [0.1, 0.15) is 0 Å². The maximum Gasteiger partial charge on any atom is 0.261 e. The van der Waals surface area contributed by atoms with Crippen LogP contribution in [0.3, 0.4) is 0 Å². The van der Waals surface area contributed by atoms with Gasteiger partial charge < -0.3 is 11.1 Å². The number of hydrogen-bond donors (Lipinski definition) is 2. The molecule has 2 rings (SSSR count). The van der Waals surface area contributed by atoms with E-state index < -0.39 is 0 Å². The summed E-state index contributed by atoms with van der Waals surface area (Å²) in [6, 6.07) is 3.42. The molecule has 1 unspecified atom stereocenters. The average molecular weight is 252 g/mol. The molecule has 1 aromatic rings. The van der Waals surface area contributed by atoms with Crippen molar-refractivity contribution in [1.82, 2.24) is 5.32 Å². The number of carbonyl (C=O) groups is 2. The fourth-order valence-corrected chi connectivity index (χ4v) is 2.46. The van der Waals surface area contributed by atoms with Crippen molar-refractivity contribution in [3.63, 3.8) is 0 Å². The summed E-state index contributed by atoms with van der Waals surface area (Å²) < 4.78 is 0. The number of rotatable bonds is 5. The maximum absolute atomic E-state index is 11.8. The Kier molecular flexibility index (Phi) is 3.59. The molecule has 1 aliphatic carbocycles. The Morgan fingerprint density at radius 2 is 2.12 bits per heavy atom. The van der Waals surface area contributed by atoms with E-state index in [9.17, 15) is 9.59 Å². The van der Waals surface area contributed by atoms with E-state index in [1.165, 1.54) is 31.1 Å². The highest BCUT2D eigenvalue weighted by molar-refractivity contribution is 7.15. The number of amides is 1. The van der Waals surface area contributed by atoms with Gasteiger partial charge in [-0.1, -0.05) is 0 Å². The van der Waals surface area contributed by atoms with Gasteiger partial charge in [0.15, 0.2) is 5.78 Å². The predicted octanol–water partition coefficient (Wildman–Crippen LogP) is 1.42. The average Bonchev–Trinajstić information content (AvgIpc) is 3.02. The second kappa shape index (κ2) is 4.98. The number of nitrogens with two attached hydrogens (primary N) is 1. The second-order valence-electron chi connectivity index (χ2n) is 4.43. The summed E-state index contributed by atoms with van der Waals surface area (Å²) in [5, 5.41) is 2.81. The highest BCUT2D eigenvalue weighted by atomic mass is 32.1. The van der Waals surface area contributed by atoms with Crippen molar-refractivity contribution in [2.75, 3.05) is 6.54 Å². The molecule has 1 fully saturated rings. The summed E-state index contributed by atoms with van der Waals surface area (Å²) in [5.74, 6) is 0.425. The van der Waals surface area contributed by atoms with E-state index >= 15 is 0 Å². The number of carbonyl (C=O) groups excluding carboxylic acids is 2. The fourth-order valence-electron chi connectivity index (χ4n) is 1.64. The van der Waals surface area contributed by atoms with Crippen molar-refractivity contribution < 1.29 is 9.59 Å². The molecule has 1 atom stereocenters. The molecular weight excluding hydrogens is 236 g/mol. The van der Waals surface area contributed by atoms with Crippen LogP contribution in [-0.4, -0.2) is 24.3 Å². The monoisotopic (exact) mass is 252 g/mol. The topological polar surface area (TPSA) is 72.2 Å². The normalized spacial score (nSPS) is 16.6. The third-order valence-corrected chi connectivity index (χ3v) is 4.09. The van der Waals surface area contributed by atoms with Crippen LogP contribution in [0.25, 0.3) is 0 Å². The Morgan fingerprint density at radius 1 is 1.47 bits per heavy atom. The van der Waals surface area contributed by atoms with Gasteiger partial charge in [-0.15, -0.1) is 11.3 Å². The van der Waals surface area contributed by atoms with Crippen LogP contribution in [0.5, 0.6) is 0 Å². The highest BCUT2D eigenvalue weighted by Crippen LogP contribution is 2.31. The third kappa shape index (κ3) is 3.14. The Morgan fingerprint density at radius 3 is 2.65 bits per heavy atom. The highest BCUT2D eigenvalue weighted by Gasteiger charge is 2.28. The maximum atomic E-state index is 11.8. The summed E-state index contributed by atoms with van der Waals surface area (Å²) in [5.41, 5.74) is 5.89. The Hall–Kier alpha value is -1.20. The second-order valence-corrected chi connectivity index (χ2v) is 5.52. The van der Waals surface area contributed by atoms with Gasteiger partial charge in [0.25, 0.3) is 5.91 Å². The van der Waals surface area contributed by atoms with Crippen molar-refractivity contribution in [1.29, 1.82) is 0 Å². The zero-order valence-electron chi connectivity index (χ0n) is 9.73. The lowest BCUT2D eigenvalue weighted by Crippen LogP contribution is -2.38. The van der Waals surface area contributed by atoms with E-state index in [1.807, 2.05) is 0 Å². The van der Waals surface area contributed by atoms with E-state index in [1.54, 1.807) is 12.1 Å². The molecule has 0 radical (unpaired) electrons. The van der Waals surface area contributed by atoms with Crippen molar-refractivity contribution in [2.45, 2.75) is 25.8 Å². The molecule has 4 nitrogen and oxygen atoms in total. The fraction of sp³-hybridized carbons (Fsp3) is 0.500. The standard InChI is InChI=1S/C12H16N2O2S/c1-7(15)10-4-5-11(17-10)12(16)14-6-9(13)8-2-3-8/h4-5,8-9H,2-3,6,13H2,1H3,(H,14,16). The number of thiophene rings is 1. The van der Waals surface area contributed by atoms with Crippen LogP contribution in [0.1, 0.15) is 39.1 Å². The number of nitrogens with one attached hydrogen (secondary N) is 1. The van der Waals surface area contributed by atoms with E-state index in [-0.39, 0.29) is 17.7 Å². The smallest absolute Gasteiger partial charge is 0.261 e. The van der Waals surface area contributed by atoms with E-state index in [0.717, 1.165) is 0 Å². The molecule has 0 aromatic carbocycles. The Balaban J connectivity index is 1.87. The quantitative estimate of drug-likeness (QED) is 0.778. The lowest BCUT2D eigenvalue weighted by Gasteiger charge is -2.10. The number of hydrogen-bond acceptors (Lipinski definition) is 4. The first-order chi connectivity index (χ1) is 8.08. The predicted molar refractivity (Wildman–Crippen MR) is 67.4 cm³/mol. The largest absolute Gasteiger partial charge is 0.350 e. The molecule has 0 saturated heterocycles. The van der Waals surface area contributed by atoms with Gasteiger partial charge in [0.05, 0.1) is 9.75 Å². The zero-order chi connectivity index (χ0) is 12.4. The van der Waals surface area contributed by atoms with Crippen LogP contribution in [0.15, 0.2) is 12.1 Å². The van der Waals surface area contributed by atoms with Crippen molar-refractivity contribution >= 4 is 23.0 Å². The van der Waals surface area contributed by atoms with Crippen LogP contribution in [-0.2, 0) is 0 Å². The van der Waals surface area contributed by atoms with Crippen LogP contribution in [0.4, 0.5) is 0 Å². The molecule has 1 saturated carbocycles. The summed E-state index contributed by atoms with van der Waals surface area (Å²) >= 11 is 1.22. The van der Waals surface area contributed by atoms with E-state index in [4.69, 9.17) is 5.73 Å². The van der Waals surface area contributed by atoms with Crippen molar-refractivity contribution in [3.05, 3.63) is 21.9 Å². The van der Waals surface area contributed by atoms with E-state index in [0.29, 0.717) is 22.2 Å². The van der Waals surface area contributed by atoms with Gasteiger partial charge >= 0.3 is 0 Å². The van der Waals surface area contributed by atoms with Gasteiger partial charge in [-0.25, -0.2) is 0 Å². The van der Waals surface area contributed by atoms with Gasteiger partial charge in [0, 0.05) is 12.6 Å². The zero-order valence-corrected chi connectivity index (χ0v) is 10.5. The van der Waals surface area contributed by atoms with Crippen LogP contribution < -0.4 is 11.1 Å². The van der Waals surface area contributed by atoms with Gasteiger partial charge in [-0.05, 0) is 37.8 Å². The molecule has 1 heterocycles. The van der Waals surface area contributed by atoms with Crippen molar-refractivity contribution in [2.24, 2.45) is 11.7 Å². The minimum Gasteiger partial charge on any atom is -0.350 e. The molecule has 3 N–H and O–H groups in total. The molecular formula is C12H16N2O2S. The third-order valence-electron chi connectivity index (χ3n) is 2.90. The first-order valence-corrected chi connectivity index (χ1v) is 6.54. The summed E-state index contributed by atoms with van der Waals surface area (Å²) in [6.07, 6.45) is 2.34. The molecule has 0 spiro atoms. The summed E-state index contributed by atoms with van der Waals surface area (Å²) in [4.78, 5) is 24.0. The van der Waals surface area contributed by atoms with Crippen LogP contribution in [0, 0.1) is 5.92 Å². The minimum atomic E-state index is -0.140. The Bertz CT molecular complexity index is 437. The molecule has 1 aromatic heterocycles. The first-order valence-electron chi connectivity index (χ1n) is 5.72. The molecule has 1 aliphatic rings. The number of ketones is 1. The lowest BCUT2D eigenvalue weighted by atomic mass is 10.2. The van der Waals surface area contributed by atoms with Crippen molar-refractivity contribution in [3.8, 4) is 0 Å². The van der Waals surface area contributed by atoms with Gasteiger partial charge in [-0.3, -0.25) is 9.59 Å². The Labute approximate surface area is 104 Å². The molecule has 5 heteroatoms. The molecule has 17 heavy (non-hydrogen) atoms. The van der Waals surface area contributed by atoms with Gasteiger partial charge in [-0.2, -0.15) is 0 Å². The molecule has 92 valence electrons. The SMILES string of the molecule is CC(=O)c1ccc(C(=O)NCC(N)C2CC2)s1. The first kappa shape index (κ1) is 12.3. The lowest BCUT2D eigenvalue weighted by molar-refractivity contribution is 0.0953. The summed E-state index contributed by atoms with van der Waals surface area (Å²) in [7, 11) is 0. The van der Waals surface area contributed by atoms with Gasteiger partial charge in [0.2, 0.25) is 0 Å². The minimum absolute atomic E-state index is 0.0104. The number of Topliss-reactive ketones (excluding diaryl/α,β-unsaturated/α-hetero) is 1. The van der Waals surface area contributed by atoms with Crippen LogP contribution in [0.2, 0.25) is 0 Å².